The van der Waals surface area contributed by atoms with Crippen molar-refractivity contribution in [2.75, 3.05) is 18.5 Å². The van der Waals surface area contributed by atoms with E-state index < -0.39 is 18.7 Å². The molecule has 0 fully saturated rings. The van der Waals surface area contributed by atoms with E-state index in [0.717, 1.165) is 17.7 Å². The molecule has 1 amide bonds. The van der Waals surface area contributed by atoms with Crippen LogP contribution in [0.1, 0.15) is 18.9 Å². The zero-order valence-electron chi connectivity index (χ0n) is 14.8. The summed E-state index contributed by atoms with van der Waals surface area (Å²) in [7, 11) is 0. The summed E-state index contributed by atoms with van der Waals surface area (Å²) in [6.45, 7) is 1.22. The van der Waals surface area contributed by atoms with Gasteiger partial charge in [-0.05, 0) is 42.3 Å². The van der Waals surface area contributed by atoms with E-state index >= 15 is 0 Å². The molecule has 0 unspecified atom stereocenters. The molecule has 0 heterocycles. The van der Waals surface area contributed by atoms with Crippen molar-refractivity contribution in [1.82, 2.24) is 0 Å². The number of ether oxygens (including phenoxy) is 2. The molecule has 0 radical (unpaired) electrons. The highest BCUT2D eigenvalue weighted by atomic mass is 19.4. The molecular weight excluding hydrogens is 359 g/mol. The number of anilines is 1. The van der Waals surface area contributed by atoms with Crippen LogP contribution < -0.4 is 14.8 Å². The summed E-state index contributed by atoms with van der Waals surface area (Å²) in [4.78, 5) is 12.0. The van der Waals surface area contributed by atoms with Crippen molar-refractivity contribution >= 4 is 17.7 Å². The third-order valence-corrected chi connectivity index (χ3v) is 3.32. The van der Waals surface area contributed by atoms with Crippen molar-refractivity contribution in [1.29, 1.82) is 0 Å². The molecule has 0 saturated carbocycles. The first-order valence-electron chi connectivity index (χ1n) is 8.38. The fraction of sp³-hybridized carbons (Fsp3) is 0.250. The molecule has 0 aromatic heterocycles. The summed E-state index contributed by atoms with van der Waals surface area (Å²) in [6, 6.07) is 13.1. The number of carbonyl (C=O) groups is 1. The van der Waals surface area contributed by atoms with Gasteiger partial charge < -0.3 is 14.8 Å². The fourth-order valence-electron chi connectivity index (χ4n) is 2.10. The Hall–Kier alpha value is -2.96. The number of para-hydroxylation sites is 2. The largest absolute Gasteiger partial charge is 0.494 e. The van der Waals surface area contributed by atoms with Gasteiger partial charge in [0.05, 0.1) is 12.3 Å². The van der Waals surface area contributed by atoms with E-state index in [9.17, 15) is 18.0 Å². The summed E-state index contributed by atoms with van der Waals surface area (Å²) >= 11 is 0. The summed E-state index contributed by atoms with van der Waals surface area (Å²) in [5, 5.41) is 2.51. The number of hydrogen-bond acceptors (Lipinski definition) is 3. The molecule has 0 aliphatic rings. The lowest BCUT2D eigenvalue weighted by Gasteiger charge is -2.13. The first-order chi connectivity index (χ1) is 12.9. The molecule has 1 N–H and O–H groups in total. The lowest BCUT2D eigenvalue weighted by atomic mass is 10.2. The van der Waals surface area contributed by atoms with Gasteiger partial charge >= 0.3 is 6.18 Å². The topological polar surface area (TPSA) is 47.6 Å². The van der Waals surface area contributed by atoms with E-state index in [1.165, 1.54) is 24.3 Å². The van der Waals surface area contributed by atoms with Gasteiger partial charge in [0.15, 0.2) is 6.61 Å². The molecule has 4 nitrogen and oxygen atoms in total. The number of hydrogen-bond donors (Lipinski definition) is 1. The zero-order valence-corrected chi connectivity index (χ0v) is 14.8. The van der Waals surface area contributed by atoms with Crippen molar-refractivity contribution in [3.8, 4) is 11.5 Å². The van der Waals surface area contributed by atoms with Crippen LogP contribution in [-0.4, -0.2) is 25.3 Å². The average molecular weight is 379 g/mol. The van der Waals surface area contributed by atoms with Crippen LogP contribution in [0.15, 0.2) is 54.6 Å². The zero-order chi connectivity index (χ0) is 19.7. The molecule has 0 aliphatic carbocycles. The van der Waals surface area contributed by atoms with Crippen LogP contribution >= 0.6 is 0 Å². The summed E-state index contributed by atoms with van der Waals surface area (Å²) < 4.78 is 47.1. The van der Waals surface area contributed by atoms with Gasteiger partial charge in [-0.25, -0.2) is 0 Å². The van der Waals surface area contributed by atoms with Crippen molar-refractivity contribution < 1.29 is 27.4 Å². The molecule has 0 atom stereocenters. The maximum Gasteiger partial charge on any atom is 0.422 e. The van der Waals surface area contributed by atoms with Crippen LogP contribution in [0.25, 0.3) is 6.08 Å². The lowest BCUT2D eigenvalue weighted by Crippen LogP contribution is -2.20. The first kappa shape index (κ1) is 20.4. The minimum absolute atomic E-state index is 0.0472. The summed E-state index contributed by atoms with van der Waals surface area (Å²) in [5.41, 5.74) is 0.954. The Morgan fingerprint density at radius 2 is 1.78 bits per heavy atom. The van der Waals surface area contributed by atoms with E-state index in [4.69, 9.17) is 9.47 Å². The SMILES string of the molecule is CCCOc1ccc(C=CC(=O)Nc2ccccc2OCC(F)(F)F)cc1. The third-order valence-electron chi connectivity index (χ3n) is 3.32. The molecule has 0 bridgehead atoms. The van der Waals surface area contributed by atoms with Gasteiger partial charge in [-0.2, -0.15) is 13.2 Å². The summed E-state index contributed by atoms with van der Waals surface area (Å²) in [5.74, 6) is 0.215. The molecule has 144 valence electrons. The van der Waals surface area contributed by atoms with Crippen LogP contribution in [0, 0.1) is 0 Å². The highest BCUT2D eigenvalue weighted by molar-refractivity contribution is 6.02. The number of nitrogens with one attached hydrogen (secondary N) is 1. The standard InChI is InChI=1S/C20H20F3NO3/c1-2-13-26-16-10-7-15(8-11-16)9-12-19(25)24-17-5-3-4-6-18(17)27-14-20(21,22)23/h3-12H,2,13-14H2,1H3,(H,24,25). The van der Waals surface area contributed by atoms with Crippen LogP contribution in [0.5, 0.6) is 11.5 Å². The molecular formula is C20H20F3NO3. The van der Waals surface area contributed by atoms with Gasteiger partial charge in [0, 0.05) is 6.08 Å². The van der Waals surface area contributed by atoms with Gasteiger partial charge in [-0.3, -0.25) is 4.79 Å². The van der Waals surface area contributed by atoms with Crippen molar-refractivity contribution in [3.63, 3.8) is 0 Å². The number of amides is 1. The van der Waals surface area contributed by atoms with Gasteiger partial charge in [0.1, 0.15) is 11.5 Å². The van der Waals surface area contributed by atoms with Crippen molar-refractivity contribution in [2.45, 2.75) is 19.5 Å². The van der Waals surface area contributed by atoms with Crippen molar-refractivity contribution in [3.05, 3.63) is 60.2 Å². The second-order valence-electron chi connectivity index (χ2n) is 5.64. The average Bonchev–Trinajstić information content (AvgIpc) is 2.64. The Bertz CT molecular complexity index is 771. The minimum atomic E-state index is -4.45. The molecule has 2 aromatic carbocycles. The van der Waals surface area contributed by atoms with E-state index in [0.29, 0.717) is 6.61 Å². The maximum atomic E-state index is 12.3. The molecule has 2 aromatic rings. The Kier molecular flexibility index (Phi) is 7.28. The van der Waals surface area contributed by atoms with Crippen LogP contribution in [0.2, 0.25) is 0 Å². The van der Waals surface area contributed by atoms with Crippen LogP contribution in [-0.2, 0) is 4.79 Å². The monoisotopic (exact) mass is 379 g/mol. The number of benzene rings is 2. The highest BCUT2D eigenvalue weighted by Crippen LogP contribution is 2.26. The Morgan fingerprint density at radius 3 is 2.44 bits per heavy atom. The second-order valence-corrected chi connectivity index (χ2v) is 5.64. The number of halogens is 3. The van der Waals surface area contributed by atoms with Crippen LogP contribution in [0.3, 0.4) is 0 Å². The predicted molar refractivity (Wildman–Crippen MR) is 97.9 cm³/mol. The molecule has 0 spiro atoms. The van der Waals surface area contributed by atoms with E-state index in [-0.39, 0.29) is 11.4 Å². The molecule has 27 heavy (non-hydrogen) atoms. The van der Waals surface area contributed by atoms with Gasteiger partial charge in [0.25, 0.3) is 0 Å². The maximum absolute atomic E-state index is 12.3. The minimum Gasteiger partial charge on any atom is -0.494 e. The third kappa shape index (κ3) is 7.43. The quantitative estimate of drug-likeness (QED) is 0.652. The lowest BCUT2D eigenvalue weighted by molar-refractivity contribution is -0.153. The molecule has 2 rings (SSSR count). The van der Waals surface area contributed by atoms with E-state index in [2.05, 4.69) is 5.32 Å². The normalized spacial score (nSPS) is 11.4. The molecule has 0 aliphatic heterocycles. The second kappa shape index (κ2) is 9.66. The van der Waals surface area contributed by atoms with E-state index in [1.54, 1.807) is 36.4 Å². The highest BCUT2D eigenvalue weighted by Gasteiger charge is 2.28. The fourth-order valence-corrected chi connectivity index (χ4v) is 2.10. The van der Waals surface area contributed by atoms with Crippen molar-refractivity contribution in [2.24, 2.45) is 0 Å². The van der Waals surface area contributed by atoms with Gasteiger partial charge in [-0.15, -0.1) is 0 Å². The number of alkyl halides is 3. The Labute approximate surface area is 155 Å². The number of rotatable bonds is 8. The Balaban J connectivity index is 1.96. The Morgan fingerprint density at radius 1 is 1.07 bits per heavy atom. The summed E-state index contributed by atoms with van der Waals surface area (Å²) in [6.07, 6.45) is -0.652. The predicted octanol–water partition coefficient (Wildman–Crippen LogP) is 5.07. The number of carbonyl (C=O) groups excluding carboxylic acids is 1. The van der Waals surface area contributed by atoms with Crippen LogP contribution in [0.4, 0.5) is 18.9 Å². The van der Waals surface area contributed by atoms with E-state index in [1.807, 2.05) is 6.92 Å². The van der Waals surface area contributed by atoms with Gasteiger partial charge in [-0.1, -0.05) is 31.2 Å². The van der Waals surface area contributed by atoms with Gasteiger partial charge in [0.2, 0.25) is 5.91 Å². The molecule has 0 saturated heterocycles. The molecule has 7 heteroatoms. The first-order valence-corrected chi connectivity index (χ1v) is 8.38. The smallest absolute Gasteiger partial charge is 0.422 e.